The van der Waals surface area contributed by atoms with Gasteiger partial charge in [0, 0.05) is 17.8 Å². The molecule has 0 aliphatic rings. The van der Waals surface area contributed by atoms with Gasteiger partial charge in [0.2, 0.25) is 5.91 Å². The van der Waals surface area contributed by atoms with Crippen molar-refractivity contribution >= 4 is 5.91 Å². The topological polar surface area (TPSA) is 60.3 Å². The fourth-order valence-electron chi connectivity index (χ4n) is 2.14. The number of nitrogens with zero attached hydrogens (tertiary/aromatic N) is 1. The summed E-state index contributed by atoms with van der Waals surface area (Å²) in [6.07, 6.45) is 1.59. The number of methoxy groups -OCH3 is 1. The van der Waals surface area contributed by atoms with Crippen LogP contribution in [0.15, 0.2) is 53.5 Å². The van der Waals surface area contributed by atoms with Crippen LogP contribution in [0, 0.1) is 0 Å². The summed E-state index contributed by atoms with van der Waals surface area (Å²) in [4.78, 5) is 23.6. The van der Waals surface area contributed by atoms with E-state index in [9.17, 15) is 9.59 Å². The van der Waals surface area contributed by atoms with Gasteiger partial charge in [-0.15, -0.1) is 0 Å². The summed E-state index contributed by atoms with van der Waals surface area (Å²) >= 11 is 0. The summed E-state index contributed by atoms with van der Waals surface area (Å²) in [7, 11) is 1.59. The van der Waals surface area contributed by atoms with E-state index >= 15 is 0 Å². The number of aromatic nitrogens is 1. The summed E-state index contributed by atoms with van der Waals surface area (Å²) in [5.41, 5.74) is 0.700. The number of nitrogens with one attached hydrogen (secondary N) is 1. The number of amides is 1. The van der Waals surface area contributed by atoms with Crippen LogP contribution >= 0.6 is 0 Å². The Labute approximate surface area is 123 Å². The largest absolute Gasteiger partial charge is 0.496 e. The van der Waals surface area contributed by atoms with E-state index in [1.807, 2.05) is 31.2 Å². The first kappa shape index (κ1) is 14.8. The molecule has 0 radical (unpaired) electrons. The van der Waals surface area contributed by atoms with Gasteiger partial charge in [-0.3, -0.25) is 9.59 Å². The van der Waals surface area contributed by atoms with E-state index in [0.717, 1.165) is 11.3 Å². The monoisotopic (exact) mass is 286 g/mol. The molecule has 0 bridgehead atoms. The Morgan fingerprint density at radius 3 is 2.67 bits per heavy atom. The van der Waals surface area contributed by atoms with Gasteiger partial charge in [-0.1, -0.05) is 24.3 Å². The third kappa shape index (κ3) is 3.72. The van der Waals surface area contributed by atoms with Crippen LogP contribution < -0.4 is 15.6 Å². The average molecular weight is 286 g/mol. The van der Waals surface area contributed by atoms with Crippen LogP contribution in [0.4, 0.5) is 0 Å². The zero-order valence-electron chi connectivity index (χ0n) is 12.1. The predicted octanol–water partition coefficient (Wildman–Crippen LogP) is 1.73. The van der Waals surface area contributed by atoms with Crippen molar-refractivity contribution in [2.75, 3.05) is 7.11 Å². The second kappa shape index (κ2) is 6.74. The normalized spacial score (nSPS) is 11.7. The van der Waals surface area contributed by atoms with Crippen molar-refractivity contribution in [3.05, 3.63) is 64.6 Å². The third-order valence-electron chi connectivity index (χ3n) is 3.20. The highest BCUT2D eigenvalue weighted by Gasteiger charge is 2.13. The quantitative estimate of drug-likeness (QED) is 0.910. The van der Waals surface area contributed by atoms with Gasteiger partial charge in [-0.05, 0) is 19.1 Å². The van der Waals surface area contributed by atoms with E-state index in [-0.39, 0.29) is 24.1 Å². The molecular weight excluding hydrogens is 268 g/mol. The van der Waals surface area contributed by atoms with Crippen molar-refractivity contribution in [2.45, 2.75) is 19.5 Å². The number of benzene rings is 1. The number of carbonyl (C=O) groups excluding carboxylic acids is 1. The SMILES string of the molecule is COc1ccccc1C(C)NC(=O)Cn1ccccc1=O. The van der Waals surface area contributed by atoms with Crippen molar-refractivity contribution < 1.29 is 9.53 Å². The van der Waals surface area contributed by atoms with E-state index in [2.05, 4.69) is 5.32 Å². The van der Waals surface area contributed by atoms with Crippen LogP contribution in [0.25, 0.3) is 0 Å². The molecule has 0 saturated heterocycles. The fraction of sp³-hybridized carbons (Fsp3) is 0.250. The number of ether oxygens (including phenoxy) is 1. The predicted molar refractivity (Wildman–Crippen MR) is 80.3 cm³/mol. The van der Waals surface area contributed by atoms with Crippen molar-refractivity contribution in [1.82, 2.24) is 9.88 Å². The minimum absolute atomic E-state index is 0.000831. The van der Waals surface area contributed by atoms with Crippen LogP contribution in [0.1, 0.15) is 18.5 Å². The second-order valence-electron chi connectivity index (χ2n) is 4.70. The number of carbonyl (C=O) groups is 1. The molecule has 2 rings (SSSR count). The molecule has 0 saturated carbocycles. The van der Waals surface area contributed by atoms with Gasteiger partial charge < -0.3 is 14.6 Å². The van der Waals surface area contributed by atoms with Crippen molar-refractivity contribution in [3.8, 4) is 5.75 Å². The van der Waals surface area contributed by atoms with Gasteiger partial charge >= 0.3 is 0 Å². The number of hydrogen-bond acceptors (Lipinski definition) is 3. The third-order valence-corrected chi connectivity index (χ3v) is 3.20. The molecule has 0 fully saturated rings. The fourth-order valence-corrected chi connectivity index (χ4v) is 2.14. The Kier molecular flexibility index (Phi) is 4.77. The Bertz CT molecular complexity index is 679. The molecule has 5 heteroatoms. The maximum atomic E-state index is 12.0. The standard InChI is InChI=1S/C16H18N2O3/c1-12(13-7-3-4-8-14(13)21-2)17-15(19)11-18-10-6-5-9-16(18)20/h3-10,12H,11H2,1-2H3,(H,17,19). The van der Waals surface area contributed by atoms with E-state index in [0.29, 0.717) is 0 Å². The smallest absolute Gasteiger partial charge is 0.250 e. The minimum atomic E-state index is -0.221. The van der Waals surface area contributed by atoms with E-state index < -0.39 is 0 Å². The molecule has 1 unspecified atom stereocenters. The summed E-state index contributed by atoms with van der Waals surface area (Å²) in [6.45, 7) is 1.88. The van der Waals surface area contributed by atoms with E-state index in [4.69, 9.17) is 4.74 Å². The van der Waals surface area contributed by atoms with Gasteiger partial charge in [0.15, 0.2) is 0 Å². The number of para-hydroxylation sites is 1. The molecule has 1 atom stereocenters. The lowest BCUT2D eigenvalue weighted by Crippen LogP contribution is -2.33. The van der Waals surface area contributed by atoms with Crippen LogP contribution in [0.5, 0.6) is 5.75 Å². The molecule has 1 aromatic heterocycles. The highest BCUT2D eigenvalue weighted by molar-refractivity contribution is 5.76. The molecule has 2 aromatic rings. The Balaban J connectivity index is 2.06. The highest BCUT2D eigenvalue weighted by atomic mass is 16.5. The van der Waals surface area contributed by atoms with Gasteiger partial charge in [0.1, 0.15) is 12.3 Å². The molecular formula is C16H18N2O3. The molecule has 0 spiro atoms. The molecule has 5 nitrogen and oxygen atoms in total. The van der Waals surface area contributed by atoms with E-state index in [1.54, 1.807) is 25.4 Å². The first-order chi connectivity index (χ1) is 10.1. The molecule has 1 aromatic carbocycles. The van der Waals surface area contributed by atoms with Crippen LogP contribution in [0.3, 0.4) is 0 Å². The Morgan fingerprint density at radius 1 is 1.24 bits per heavy atom. The van der Waals surface area contributed by atoms with E-state index in [1.165, 1.54) is 10.6 Å². The lowest BCUT2D eigenvalue weighted by atomic mass is 10.1. The molecule has 1 heterocycles. The Hall–Kier alpha value is -2.56. The first-order valence-corrected chi connectivity index (χ1v) is 6.69. The molecule has 21 heavy (non-hydrogen) atoms. The average Bonchev–Trinajstić information content (AvgIpc) is 2.49. The molecule has 1 N–H and O–H groups in total. The van der Waals surface area contributed by atoms with Gasteiger partial charge in [0.25, 0.3) is 5.56 Å². The number of pyridine rings is 1. The van der Waals surface area contributed by atoms with Crippen LogP contribution in [0.2, 0.25) is 0 Å². The Morgan fingerprint density at radius 2 is 1.95 bits per heavy atom. The summed E-state index contributed by atoms with van der Waals surface area (Å²) < 4.78 is 6.64. The molecule has 0 aliphatic carbocycles. The van der Waals surface area contributed by atoms with Crippen molar-refractivity contribution in [2.24, 2.45) is 0 Å². The molecule has 1 amide bonds. The van der Waals surface area contributed by atoms with Crippen molar-refractivity contribution in [1.29, 1.82) is 0 Å². The lowest BCUT2D eigenvalue weighted by Gasteiger charge is -2.17. The first-order valence-electron chi connectivity index (χ1n) is 6.69. The highest BCUT2D eigenvalue weighted by Crippen LogP contribution is 2.24. The van der Waals surface area contributed by atoms with Gasteiger partial charge in [-0.2, -0.15) is 0 Å². The number of rotatable bonds is 5. The zero-order valence-corrected chi connectivity index (χ0v) is 12.1. The van der Waals surface area contributed by atoms with Crippen molar-refractivity contribution in [3.63, 3.8) is 0 Å². The summed E-state index contributed by atoms with van der Waals surface area (Å²) in [5.74, 6) is 0.504. The van der Waals surface area contributed by atoms with Crippen LogP contribution in [-0.4, -0.2) is 17.6 Å². The summed E-state index contributed by atoms with van der Waals surface area (Å²) in [5, 5.41) is 2.87. The van der Waals surface area contributed by atoms with Crippen LogP contribution in [-0.2, 0) is 11.3 Å². The molecule has 0 aliphatic heterocycles. The zero-order chi connectivity index (χ0) is 15.2. The molecule has 110 valence electrons. The lowest BCUT2D eigenvalue weighted by molar-refractivity contribution is -0.122. The van der Waals surface area contributed by atoms with Gasteiger partial charge in [0.05, 0.1) is 13.2 Å². The summed E-state index contributed by atoms with van der Waals surface area (Å²) in [6, 6.07) is 12.1. The van der Waals surface area contributed by atoms with Gasteiger partial charge in [-0.25, -0.2) is 0 Å². The minimum Gasteiger partial charge on any atom is -0.496 e. The second-order valence-corrected chi connectivity index (χ2v) is 4.70. The number of hydrogen-bond donors (Lipinski definition) is 1. The maximum absolute atomic E-state index is 12.0. The maximum Gasteiger partial charge on any atom is 0.250 e.